The highest BCUT2D eigenvalue weighted by atomic mass is 127. The molecule has 0 saturated heterocycles. The number of hydrogen-bond acceptors (Lipinski definition) is 1. The van der Waals surface area contributed by atoms with Crippen LogP contribution in [0.1, 0.15) is 12.0 Å². The van der Waals surface area contributed by atoms with Gasteiger partial charge in [-0.05, 0) is 17.7 Å². The molecule has 2 N–H and O–H groups in total. The number of nitrogens with one attached hydrogen (secondary N) is 2. The summed E-state index contributed by atoms with van der Waals surface area (Å²) in [6, 6.07) is 7.63. The molecule has 0 spiro atoms. The summed E-state index contributed by atoms with van der Waals surface area (Å²) < 4.78 is 37.0. The molecular formula is C12H16BrF3IN3. The number of halogens is 5. The molecule has 0 unspecified atom stereocenters. The molecule has 1 aromatic rings. The number of rotatable bonds is 4. The number of hydrogen-bond donors (Lipinski definition) is 2. The Balaban J connectivity index is 0.00000361. The first-order valence-electron chi connectivity index (χ1n) is 5.66. The molecular weight excluding hydrogens is 450 g/mol. The summed E-state index contributed by atoms with van der Waals surface area (Å²) in [7, 11) is 1.52. The minimum atomic E-state index is -4.16. The lowest BCUT2D eigenvalue weighted by molar-refractivity contribution is -0.132. The molecule has 0 heterocycles. The van der Waals surface area contributed by atoms with Crippen LogP contribution in [0, 0.1) is 0 Å². The van der Waals surface area contributed by atoms with Crippen molar-refractivity contribution in [2.45, 2.75) is 19.1 Å². The van der Waals surface area contributed by atoms with E-state index in [0.29, 0.717) is 12.5 Å². The largest absolute Gasteiger partial charge is 0.390 e. The summed E-state index contributed by atoms with van der Waals surface area (Å²) in [5, 5.41) is 5.56. The summed E-state index contributed by atoms with van der Waals surface area (Å²) >= 11 is 3.33. The fourth-order valence-electron chi connectivity index (χ4n) is 1.33. The highest BCUT2D eigenvalue weighted by Gasteiger charge is 2.26. The van der Waals surface area contributed by atoms with E-state index in [-0.39, 0.29) is 30.5 Å². The van der Waals surface area contributed by atoms with Crippen LogP contribution in [0.5, 0.6) is 0 Å². The normalized spacial score (nSPS) is 11.8. The molecule has 0 aliphatic rings. The van der Waals surface area contributed by atoms with Crippen molar-refractivity contribution in [1.29, 1.82) is 0 Å². The van der Waals surface area contributed by atoms with Crippen LogP contribution in [0.4, 0.5) is 13.2 Å². The van der Waals surface area contributed by atoms with E-state index in [1.165, 1.54) is 7.05 Å². The molecule has 1 aromatic carbocycles. The summed E-state index contributed by atoms with van der Waals surface area (Å²) in [4.78, 5) is 3.86. The van der Waals surface area contributed by atoms with Crippen LogP contribution >= 0.6 is 39.9 Å². The third-order valence-corrected chi connectivity index (χ3v) is 2.83. The second-order valence-electron chi connectivity index (χ2n) is 3.84. The van der Waals surface area contributed by atoms with Gasteiger partial charge in [0.1, 0.15) is 0 Å². The van der Waals surface area contributed by atoms with E-state index in [0.717, 1.165) is 10.0 Å². The monoisotopic (exact) mass is 465 g/mol. The van der Waals surface area contributed by atoms with Crippen LogP contribution in [0.3, 0.4) is 0 Å². The van der Waals surface area contributed by atoms with Gasteiger partial charge < -0.3 is 10.6 Å². The number of nitrogens with zero attached hydrogens (tertiary/aromatic N) is 1. The molecule has 1 rings (SSSR count). The van der Waals surface area contributed by atoms with Crippen LogP contribution < -0.4 is 10.6 Å². The van der Waals surface area contributed by atoms with E-state index in [9.17, 15) is 13.2 Å². The van der Waals surface area contributed by atoms with Crippen LogP contribution in [-0.4, -0.2) is 25.7 Å². The van der Waals surface area contributed by atoms with E-state index < -0.39 is 12.6 Å². The maximum absolute atomic E-state index is 12.0. The van der Waals surface area contributed by atoms with Crippen molar-refractivity contribution in [3.63, 3.8) is 0 Å². The van der Waals surface area contributed by atoms with Crippen molar-refractivity contribution in [2.24, 2.45) is 4.99 Å². The average molecular weight is 466 g/mol. The Hall–Kier alpha value is -0.510. The Morgan fingerprint density at radius 3 is 2.30 bits per heavy atom. The molecule has 114 valence electrons. The van der Waals surface area contributed by atoms with Gasteiger partial charge in [-0.1, -0.05) is 28.1 Å². The van der Waals surface area contributed by atoms with Gasteiger partial charge in [0.05, 0.1) is 6.42 Å². The SMILES string of the molecule is CN=C(NCCC(F)(F)F)NCc1ccc(Br)cc1.I. The molecule has 3 nitrogen and oxygen atoms in total. The fourth-order valence-corrected chi connectivity index (χ4v) is 1.60. The highest BCUT2D eigenvalue weighted by molar-refractivity contribution is 14.0. The molecule has 20 heavy (non-hydrogen) atoms. The summed E-state index contributed by atoms with van der Waals surface area (Å²) in [6.07, 6.45) is -5.04. The Labute approximate surface area is 141 Å². The maximum atomic E-state index is 12.0. The van der Waals surface area contributed by atoms with Crippen molar-refractivity contribution in [3.05, 3.63) is 34.3 Å². The van der Waals surface area contributed by atoms with E-state index in [2.05, 4.69) is 31.6 Å². The van der Waals surface area contributed by atoms with Gasteiger partial charge in [0.25, 0.3) is 0 Å². The third-order valence-electron chi connectivity index (χ3n) is 2.30. The van der Waals surface area contributed by atoms with Crippen LogP contribution in [0.2, 0.25) is 0 Å². The van der Waals surface area contributed by atoms with Gasteiger partial charge in [-0.15, -0.1) is 24.0 Å². The highest BCUT2D eigenvalue weighted by Crippen LogP contribution is 2.18. The quantitative estimate of drug-likeness (QED) is 0.404. The number of alkyl halides is 3. The number of aliphatic imine (C=N–C) groups is 1. The molecule has 0 fully saturated rings. The smallest absolute Gasteiger partial charge is 0.356 e. The maximum Gasteiger partial charge on any atom is 0.390 e. The summed E-state index contributed by atoms with van der Waals surface area (Å²) in [5.74, 6) is 0.354. The van der Waals surface area contributed by atoms with Gasteiger partial charge in [-0.3, -0.25) is 4.99 Å². The van der Waals surface area contributed by atoms with Gasteiger partial charge >= 0.3 is 6.18 Å². The molecule has 0 atom stereocenters. The van der Waals surface area contributed by atoms with Crippen LogP contribution in [-0.2, 0) is 6.54 Å². The predicted octanol–water partition coefficient (Wildman–Crippen LogP) is 3.68. The second kappa shape index (κ2) is 9.43. The Morgan fingerprint density at radius 1 is 1.20 bits per heavy atom. The molecule has 0 amide bonds. The minimum absolute atomic E-state index is 0. The summed E-state index contributed by atoms with van der Waals surface area (Å²) in [5.41, 5.74) is 1.02. The van der Waals surface area contributed by atoms with E-state index in [1.54, 1.807) is 0 Å². The van der Waals surface area contributed by atoms with Gasteiger partial charge in [0.15, 0.2) is 5.96 Å². The van der Waals surface area contributed by atoms with Crippen molar-refractivity contribution in [2.75, 3.05) is 13.6 Å². The molecule has 0 aromatic heterocycles. The van der Waals surface area contributed by atoms with E-state index in [4.69, 9.17) is 0 Å². The van der Waals surface area contributed by atoms with Crippen LogP contribution in [0.25, 0.3) is 0 Å². The first-order chi connectivity index (χ1) is 8.90. The lowest BCUT2D eigenvalue weighted by Crippen LogP contribution is -2.38. The van der Waals surface area contributed by atoms with Gasteiger partial charge in [0.2, 0.25) is 0 Å². The van der Waals surface area contributed by atoms with E-state index >= 15 is 0 Å². The molecule has 0 aliphatic carbocycles. The van der Waals surface area contributed by atoms with Crippen molar-refractivity contribution in [1.82, 2.24) is 10.6 Å². The Morgan fingerprint density at radius 2 is 1.80 bits per heavy atom. The van der Waals surface area contributed by atoms with Gasteiger partial charge in [-0.2, -0.15) is 13.2 Å². The molecule has 8 heteroatoms. The second-order valence-corrected chi connectivity index (χ2v) is 4.76. The predicted molar refractivity (Wildman–Crippen MR) is 88.4 cm³/mol. The molecule has 0 radical (unpaired) electrons. The van der Waals surface area contributed by atoms with Gasteiger partial charge in [-0.25, -0.2) is 0 Å². The molecule has 0 aliphatic heterocycles. The number of benzene rings is 1. The fraction of sp³-hybridized carbons (Fsp3) is 0.417. The Kier molecular flexibility index (Phi) is 9.19. The van der Waals surface area contributed by atoms with Crippen molar-refractivity contribution < 1.29 is 13.2 Å². The average Bonchev–Trinajstić information content (AvgIpc) is 2.34. The zero-order chi connectivity index (χ0) is 14.3. The van der Waals surface area contributed by atoms with Crippen LogP contribution in [0.15, 0.2) is 33.7 Å². The lowest BCUT2D eigenvalue weighted by atomic mass is 10.2. The lowest BCUT2D eigenvalue weighted by Gasteiger charge is -2.13. The number of guanidine groups is 1. The Bertz CT molecular complexity index is 421. The van der Waals surface area contributed by atoms with Crippen molar-refractivity contribution >= 4 is 45.9 Å². The van der Waals surface area contributed by atoms with Gasteiger partial charge in [0, 0.05) is 24.6 Å². The van der Waals surface area contributed by atoms with E-state index in [1.807, 2.05) is 24.3 Å². The standard InChI is InChI=1S/C12H15BrF3N3.HI/c1-17-11(18-7-6-12(14,15)16)19-8-9-2-4-10(13)5-3-9;/h2-5H,6-8H2,1H3,(H2,17,18,19);1H. The summed E-state index contributed by atoms with van der Waals surface area (Å²) in [6.45, 7) is 0.308. The molecule has 0 bridgehead atoms. The minimum Gasteiger partial charge on any atom is -0.356 e. The first kappa shape index (κ1) is 19.5. The zero-order valence-corrected chi connectivity index (χ0v) is 14.7. The zero-order valence-electron chi connectivity index (χ0n) is 10.8. The first-order valence-corrected chi connectivity index (χ1v) is 6.46. The third kappa shape index (κ3) is 8.62. The topological polar surface area (TPSA) is 36.4 Å². The molecule has 0 saturated carbocycles. The van der Waals surface area contributed by atoms with Crippen molar-refractivity contribution in [3.8, 4) is 0 Å².